The van der Waals surface area contributed by atoms with Crippen molar-refractivity contribution in [1.29, 1.82) is 0 Å². The fourth-order valence-electron chi connectivity index (χ4n) is 2.21. The smallest absolute Gasteiger partial charge is 0.309 e. The minimum atomic E-state index is -0.153. The van der Waals surface area contributed by atoms with Gasteiger partial charge in [-0.3, -0.25) is 4.79 Å². The van der Waals surface area contributed by atoms with E-state index in [9.17, 15) is 4.79 Å². The van der Waals surface area contributed by atoms with Gasteiger partial charge in [-0.15, -0.1) is 0 Å². The predicted molar refractivity (Wildman–Crippen MR) is 57.2 cm³/mol. The number of fused-ring (bicyclic) bond motifs is 1. The second-order valence-electron chi connectivity index (χ2n) is 3.97. The standard InChI is InChI=1S/C12H15NO2/c1-15-12(14)9-6-8-4-2-3-5-10(8)11(13)7-9/h2-5,9,11H,6-7,13H2,1H3/t9-,11-/m1/s1. The number of carbonyl (C=O) groups is 1. The second kappa shape index (κ2) is 4.03. The van der Waals surface area contributed by atoms with Crippen molar-refractivity contribution in [3.63, 3.8) is 0 Å². The highest BCUT2D eigenvalue weighted by Gasteiger charge is 2.29. The van der Waals surface area contributed by atoms with Crippen LogP contribution in [0.25, 0.3) is 0 Å². The van der Waals surface area contributed by atoms with Gasteiger partial charge in [0.1, 0.15) is 0 Å². The quantitative estimate of drug-likeness (QED) is 0.705. The van der Waals surface area contributed by atoms with E-state index < -0.39 is 0 Å². The topological polar surface area (TPSA) is 52.3 Å². The van der Waals surface area contributed by atoms with Crippen LogP contribution in [0.2, 0.25) is 0 Å². The molecule has 3 heteroatoms. The van der Waals surface area contributed by atoms with Crippen LogP contribution in [-0.2, 0) is 16.0 Å². The molecule has 1 aromatic rings. The molecule has 0 spiro atoms. The van der Waals surface area contributed by atoms with Crippen LogP contribution in [0, 0.1) is 5.92 Å². The molecule has 0 saturated carbocycles. The fraction of sp³-hybridized carbons (Fsp3) is 0.417. The SMILES string of the molecule is COC(=O)[C@@H]1Cc2ccccc2[C@H](N)C1. The van der Waals surface area contributed by atoms with Crippen LogP contribution in [0.3, 0.4) is 0 Å². The average molecular weight is 205 g/mol. The highest BCUT2D eigenvalue weighted by Crippen LogP contribution is 2.31. The van der Waals surface area contributed by atoms with Crippen molar-refractivity contribution < 1.29 is 9.53 Å². The summed E-state index contributed by atoms with van der Waals surface area (Å²) >= 11 is 0. The van der Waals surface area contributed by atoms with E-state index in [1.807, 2.05) is 24.3 Å². The summed E-state index contributed by atoms with van der Waals surface area (Å²) in [5.74, 6) is -0.236. The van der Waals surface area contributed by atoms with Crippen LogP contribution in [0.1, 0.15) is 23.6 Å². The zero-order valence-corrected chi connectivity index (χ0v) is 8.77. The lowest BCUT2D eigenvalue weighted by molar-refractivity contribution is -0.146. The Morgan fingerprint density at radius 3 is 2.93 bits per heavy atom. The van der Waals surface area contributed by atoms with Crippen molar-refractivity contribution in [2.24, 2.45) is 11.7 Å². The van der Waals surface area contributed by atoms with Crippen LogP contribution >= 0.6 is 0 Å². The lowest BCUT2D eigenvalue weighted by Crippen LogP contribution is -2.29. The molecule has 0 unspecified atom stereocenters. The Bertz CT molecular complexity index is 376. The summed E-state index contributed by atoms with van der Waals surface area (Å²) in [4.78, 5) is 11.4. The molecular weight excluding hydrogens is 190 g/mol. The summed E-state index contributed by atoms with van der Waals surface area (Å²) in [5.41, 5.74) is 8.36. The lowest BCUT2D eigenvalue weighted by atomic mass is 9.81. The fourth-order valence-corrected chi connectivity index (χ4v) is 2.21. The van der Waals surface area contributed by atoms with Gasteiger partial charge in [-0.2, -0.15) is 0 Å². The first-order valence-electron chi connectivity index (χ1n) is 5.13. The number of hydrogen-bond donors (Lipinski definition) is 1. The van der Waals surface area contributed by atoms with E-state index in [-0.39, 0.29) is 17.9 Å². The summed E-state index contributed by atoms with van der Waals surface area (Å²) in [6.45, 7) is 0. The maximum Gasteiger partial charge on any atom is 0.309 e. The summed E-state index contributed by atoms with van der Waals surface area (Å²) in [7, 11) is 1.42. The zero-order valence-electron chi connectivity index (χ0n) is 8.77. The van der Waals surface area contributed by atoms with E-state index in [1.54, 1.807) is 0 Å². The summed E-state index contributed by atoms with van der Waals surface area (Å²) in [6, 6.07) is 7.99. The van der Waals surface area contributed by atoms with Gasteiger partial charge < -0.3 is 10.5 Å². The largest absolute Gasteiger partial charge is 0.469 e. The number of rotatable bonds is 1. The van der Waals surface area contributed by atoms with Crippen molar-refractivity contribution in [2.75, 3.05) is 7.11 Å². The molecule has 0 aromatic heterocycles. The number of ether oxygens (including phenoxy) is 1. The van der Waals surface area contributed by atoms with Gasteiger partial charge in [0, 0.05) is 6.04 Å². The molecule has 1 aliphatic carbocycles. The Labute approximate surface area is 89.2 Å². The Balaban J connectivity index is 2.26. The molecule has 80 valence electrons. The summed E-state index contributed by atoms with van der Waals surface area (Å²) in [5, 5.41) is 0. The highest BCUT2D eigenvalue weighted by molar-refractivity contribution is 5.73. The molecule has 1 aromatic carbocycles. The van der Waals surface area contributed by atoms with E-state index in [0.29, 0.717) is 6.42 Å². The molecular formula is C12H15NO2. The Hall–Kier alpha value is -1.35. The van der Waals surface area contributed by atoms with E-state index in [1.165, 1.54) is 12.7 Å². The third-order valence-corrected chi connectivity index (χ3v) is 2.99. The van der Waals surface area contributed by atoms with Crippen molar-refractivity contribution in [2.45, 2.75) is 18.9 Å². The number of hydrogen-bond acceptors (Lipinski definition) is 3. The molecule has 0 saturated heterocycles. The third kappa shape index (κ3) is 1.88. The number of nitrogens with two attached hydrogens (primary N) is 1. The zero-order chi connectivity index (χ0) is 10.8. The Morgan fingerprint density at radius 2 is 2.20 bits per heavy atom. The van der Waals surface area contributed by atoms with Crippen molar-refractivity contribution in [1.82, 2.24) is 0 Å². The molecule has 3 nitrogen and oxygen atoms in total. The number of methoxy groups -OCH3 is 1. The summed E-state index contributed by atoms with van der Waals surface area (Å²) in [6.07, 6.45) is 1.43. The van der Waals surface area contributed by atoms with Crippen LogP contribution in [-0.4, -0.2) is 13.1 Å². The molecule has 0 fully saturated rings. The molecule has 0 bridgehead atoms. The van der Waals surface area contributed by atoms with E-state index >= 15 is 0 Å². The van der Waals surface area contributed by atoms with Gasteiger partial charge in [0.25, 0.3) is 0 Å². The number of carbonyl (C=O) groups excluding carboxylic acids is 1. The molecule has 2 atom stereocenters. The van der Waals surface area contributed by atoms with Crippen molar-refractivity contribution in [3.8, 4) is 0 Å². The van der Waals surface area contributed by atoms with E-state index in [4.69, 9.17) is 10.5 Å². The molecule has 2 N–H and O–H groups in total. The predicted octanol–water partition coefficient (Wildman–Crippen LogP) is 1.42. The van der Waals surface area contributed by atoms with Crippen LogP contribution in [0.4, 0.5) is 0 Å². The molecule has 0 amide bonds. The third-order valence-electron chi connectivity index (χ3n) is 2.99. The van der Waals surface area contributed by atoms with Gasteiger partial charge in [0.2, 0.25) is 0 Å². The first kappa shape index (κ1) is 10.2. The van der Waals surface area contributed by atoms with Crippen molar-refractivity contribution in [3.05, 3.63) is 35.4 Å². The Kier molecular flexibility index (Phi) is 2.73. The molecule has 15 heavy (non-hydrogen) atoms. The van der Waals surface area contributed by atoms with Gasteiger partial charge >= 0.3 is 5.97 Å². The summed E-state index contributed by atoms with van der Waals surface area (Å²) < 4.78 is 4.76. The van der Waals surface area contributed by atoms with Crippen LogP contribution in [0.5, 0.6) is 0 Å². The maximum atomic E-state index is 11.4. The molecule has 2 rings (SSSR count). The number of benzene rings is 1. The monoisotopic (exact) mass is 205 g/mol. The minimum Gasteiger partial charge on any atom is -0.469 e. The van der Waals surface area contributed by atoms with Gasteiger partial charge in [0.05, 0.1) is 13.0 Å². The van der Waals surface area contributed by atoms with E-state index in [0.717, 1.165) is 12.0 Å². The normalized spacial score (nSPS) is 24.4. The first-order chi connectivity index (χ1) is 7.22. The molecule has 0 radical (unpaired) electrons. The lowest BCUT2D eigenvalue weighted by Gasteiger charge is -2.27. The van der Waals surface area contributed by atoms with Crippen LogP contribution < -0.4 is 5.73 Å². The second-order valence-corrected chi connectivity index (χ2v) is 3.97. The van der Waals surface area contributed by atoms with Gasteiger partial charge in [-0.1, -0.05) is 24.3 Å². The van der Waals surface area contributed by atoms with Gasteiger partial charge in [0.15, 0.2) is 0 Å². The molecule has 0 aliphatic heterocycles. The van der Waals surface area contributed by atoms with Crippen molar-refractivity contribution >= 4 is 5.97 Å². The maximum absolute atomic E-state index is 11.4. The van der Waals surface area contributed by atoms with Gasteiger partial charge in [-0.05, 0) is 24.0 Å². The Morgan fingerprint density at radius 1 is 1.47 bits per heavy atom. The van der Waals surface area contributed by atoms with Gasteiger partial charge in [-0.25, -0.2) is 0 Å². The average Bonchev–Trinajstić information content (AvgIpc) is 2.28. The van der Waals surface area contributed by atoms with Crippen LogP contribution in [0.15, 0.2) is 24.3 Å². The number of esters is 1. The highest BCUT2D eigenvalue weighted by atomic mass is 16.5. The molecule has 0 heterocycles. The van der Waals surface area contributed by atoms with E-state index in [2.05, 4.69) is 0 Å². The first-order valence-corrected chi connectivity index (χ1v) is 5.13. The molecule has 1 aliphatic rings. The minimum absolute atomic E-state index is 0.0425.